The van der Waals surface area contributed by atoms with Gasteiger partial charge in [0.05, 0.1) is 24.1 Å². The Bertz CT molecular complexity index is 1090. The van der Waals surface area contributed by atoms with Crippen LogP contribution in [0.2, 0.25) is 14.4 Å². The number of halogens is 3. The number of amides is 2. The highest BCUT2D eigenvalue weighted by Crippen LogP contribution is 2.34. The van der Waals surface area contributed by atoms with Crippen LogP contribution in [0.1, 0.15) is 0 Å². The van der Waals surface area contributed by atoms with Gasteiger partial charge in [-0.2, -0.15) is 0 Å². The molecule has 0 saturated carbocycles. The zero-order chi connectivity index (χ0) is 20.5. The zero-order valence-electron chi connectivity index (χ0n) is 14.7. The number of rotatable bonds is 4. The van der Waals surface area contributed by atoms with Crippen LogP contribution in [-0.2, 0) is 9.59 Å². The van der Waals surface area contributed by atoms with E-state index in [0.29, 0.717) is 30.9 Å². The van der Waals surface area contributed by atoms with Gasteiger partial charge in [0.2, 0.25) is 5.91 Å². The van der Waals surface area contributed by atoms with Crippen molar-refractivity contribution >= 4 is 74.5 Å². The van der Waals surface area contributed by atoms with Crippen molar-refractivity contribution in [2.75, 3.05) is 21.9 Å². The molecule has 2 aromatic carbocycles. The molecule has 1 aromatic heterocycles. The van der Waals surface area contributed by atoms with Crippen molar-refractivity contribution in [2.45, 2.75) is 0 Å². The first-order chi connectivity index (χ1) is 13.9. The molecule has 3 aromatic rings. The summed E-state index contributed by atoms with van der Waals surface area (Å²) in [5.41, 5.74) is 1.23. The summed E-state index contributed by atoms with van der Waals surface area (Å²) in [6, 6.07) is 13.9. The summed E-state index contributed by atoms with van der Waals surface area (Å²) in [7, 11) is 0. The fourth-order valence-corrected chi connectivity index (χ4v) is 4.22. The van der Waals surface area contributed by atoms with Gasteiger partial charge in [0.15, 0.2) is 5.13 Å². The average Bonchev–Trinajstić information content (AvgIpc) is 3.24. The van der Waals surface area contributed by atoms with Crippen LogP contribution in [0.4, 0.5) is 16.5 Å². The van der Waals surface area contributed by atoms with E-state index in [1.54, 1.807) is 47.5 Å². The van der Waals surface area contributed by atoms with Crippen LogP contribution in [0.25, 0.3) is 0 Å². The normalized spacial score (nSPS) is 16.4. The molecule has 2 amide bonds. The molecule has 10 heteroatoms. The van der Waals surface area contributed by atoms with Gasteiger partial charge in [-0.25, -0.2) is 9.99 Å². The van der Waals surface area contributed by atoms with Gasteiger partial charge in [-0.15, -0.1) is 0 Å². The van der Waals surface area contributed by atoms with Gasteiger partial charge in [-0.3, -0.25) is 14.6 Å². The first-order valence-corrected chi connectivity index (χ1v) is 10.4. The first-order valence-electron chi connectivity index (χ1n) is 8.47. The number of nitrogens with one attached hydrogen (secondary N) is 1. The summed E-state index contributed by atoms with van der Waals surface area (Å²) >= 11 is 19.2. The Balaban J connectivity index is 1.68. The van der Waals surface area contributed by atoms with Crippen LogP contribution in [0, 0.1) is 5.92 Å². The number of hydrazine groups is 1. The Morgan fingerprint density at radius 2 is 1.72 bits per heavy atom. The Morgan fingerprint density at radius 3 is 2.34 bits per heavy atom. The topological polar surface area (TPSA) is 65.5 Å². The van der Waals surface area contributed by atoms with Crippen molar-refractivity contribution in [1.82, 2.24) is 4.98 Å². The van der Waals surface area contributed by atoms with Crippen molar-refractivity contribution in [3.05, 3.63) is 69.1 Å². The number of anilines is 3. The second-order valence-corrected chi connectivity index (χ2v) is 8.74. The van der Waals surface area contributed by atoms with Crippen molar-refractivity contribution in [2.24, 2.45) is 5.92 Å². The average molecular weight is 468 g/mol. The minimum atomic E-state index is -0.948. The number of carbonyl (C=O) groups is 2. The summed E-state index contributed by atoms with van der Waals surface area (Å²) < 4.78 is 0.444. The van der Waals surface area contributed by atoms with Crippen molar-refractivity contribution < 1.29 is 9.59 Å². The monoisotopic (exact) mass is 466 g/mol. The lowest BCUT2D eigenvalue weighted by atomic mass is 10.1. The molecule has 1 unspecified atom stereocenters. The van der Waals surface area contributed by atoms with Crippen LogP contribution in [0.15, 0.2) is 54.7 Å². The largest absolute Gasteiger partial charge is 0.301 e. The minimum Gasteiger partial charge on any atom is -0.301 e. The quantitative estimate of drug-likeness (QED) is 0.541. The minimum absolute atomic E-state index is 0.136. The Labute approximate surface area is 185 Å². The summed E-state index contributed by atoms with van der Waals surface area (Å²) in [5.74, 6) is -1.79. The molecule has 0 bridgehead atoms. The molecule has 1 saturated heterocycles. The standard InChI is InChI=1S/C19H13Cl3N4O2S/c20-11-3-1-5-13(7-11)25-10-15(17(27)24-19-23-9-16(22)29-19)18(28)26(25)14-6-2-4-12(21)8-14/h1-9,15H,10H2,(H,23,24,27). The highest BCUT2D eigenvalue weighted by molar-refractivity contribution is 7.19. The Morgan fingerprint density at radius 1 is 1.07 bits per heavy atom. The number of benzene rings is 2. The lowest BCUT2D eigenvalue weighted by Gasteiger charge is -2.29. The molecule has 1 aliphatic heterocycles. The lowest BCUT2D eigenvalue weighted by Crippen LogP contribution is -2.39. The molecular weight excluding hydrogens is 455 g/mol. The van der Waals surface area contributed by atoms with E-state index < -0.39 is 11.8 Å². The zero-order valence-corrected chi connectivity index (χ0v) is 17.8. The SMILES string of the molecule is O=C(Nc1ncc(Cl)s1)C1CN(c2cccc(Cl)c2)N(c2cccc(Cl)c2)C1=O. The van der Waals surface area contributed by atoms with E-state index in [2.05, 4.69) is 10.3 Å². The number of hydrogen-bond donors (Lipinski definition) is 1. The molecule has 148 valence electrons. The van der Waals surface area contributed by atoms with Gasteiger partial charge in [-0.1, -0.05) is 58.3 Å². The van der Waals surface area contributed by atoms with Crippen LogP contribution < -0.4 is 15.3 Å². The highest BCUT2D eigenvalue weighted by atomic mass is 35.5. The second kappa shape index (κ2) is 8.20. The summed E-state index contributed by atoms with van der Waals surface area (Å²) in [4.78, 5) is 30.0. The molecule has 4 rings (SSSR count). The number of thiazole rings is 1. The fourth-order valence-electron chi connectivity index (χ4n) is 3.03. The molecule has 2 heterocycles. The van der Waals surface area contributed by atoms with E-state index in [-0.39, 0.29) is 12.5 Å². The molecular formula is C19H13Cl3N4O2S. The molecule has 0 radical (unpaired) electrons. The predicted octanol–water partition coefficient (Wildman–Crippen LogP) is 5.13. The molecule has 1 fully saturated rings. The van der Waals surface area contributed by atoms with Gasteiger partial charge in [0.25, 0.3) is 5.91 Å². The summed E-state index contributed by atoms with van der Waals surface area (Å²) in [6.45, 7) is 0.136. The van der Waals surface area contributed by atoms with Crippen molar-refractivity contribution in [3.8, 4) is 0 Å². The molecule has 0 spiro atoms. The highest BCUT2D eigenvalue weighted by Gasteiger charge is 2.43. The Kier molecular flexibility index (Phi) is 5.65. The second-order valence-electron chi connectivity index (χ2n) is 6.20. The molecule has 1 N–H and O–H groups in total. The predicted molar refractivity (Wildman–Crippen MR) is 117 cm³/mol. The number of carbonyl (C=O) groups excluding carboxylic acids is 2. The maximum atomic E-state index is 13.2. The fraction of sp³-hybridized carbons (Fsp3) is 0.105. The molecule has 0 aliphatic carbocycles. The van der Waals surface area contributed by atoms with E-state index in [9.17, 15) is 9.59 Å². The molecule has 1 atom stereocenters. The maximum Gasteiger partial charge on any atom is 0.260 e. The van der Waals surface area contributed by atoms with Crippen LogP contribution >= 0.6 is 46.1 Å². The van der Waals surface area contributed by atoms with Crippen LogP contribution in [0.3, 0.4) is 0 Å². The van der Waals surface area contributed by atoms with E-state index in [4.69, 9.17) is 34.8 Å². The number of aromatic nitrogens is 1. The summed E-state index contributed by atoms with van der Waals surface area (Å²) in [6.07, 6.45) is 1.44. The van der Waals surface area contributed by atoms with E-state index >= 15 is 0 Å². The van der Waals surface area contributed by atoms with Crippen LogP contribution in [-0.4, -0.2) is 23.3 Å². The van der Waals surface area contributed by atoms with Gasteiger partial charge in [0, 0.05) is 10.0 Å². The van der Waals surface area contributed by atoms with E-state index in [1.807, 2.05) is 6.07 Å². The third-order valence-electron chi connectivity index (χ3n) is 4.29. The van der Waals surface area contributed by atoms with Gasteiger partial charge in [-0.05, 0) is 36.4 Å². The third kappa shape index (κ3) is 4.18. The van der Waals surface area contributed by atoms with E-state index in [0.717, 1.165) is 11.3 Å². The summed E-state index contributed by atoms with van der Waals surface area (Å²) in [5, 5.41) is 7.14. The smallest absolute Gasteiger partial charge is 0.260 e. The first kappa shape index (κ1) is 20.0. The molecule has 1 aliphatic rings. The van der Waals surface area contributed by atoms with Gasteiger partial charge < -0.3 is 5.32 Å². The van der Waals surface area contributed by atoms with E-state index in [1.165, 1.54) is 11.2 Å². The molecule has 29 heavy (non-hydrogen) atoms. The van der Waals surface area contributed by atoms with Crippen LogP contribution in [0.5, 0.6) is 0 Å². The van der Waals surface area contributed by atoms with Crippen molar-refractivity contribution in [3.63, 3.8) is 0 Å². The Hall–Kier alpha value is -2.32. The van der Waals surface area contributed by atoms with Gasteiger partial charge >= 0.3 is 0 Å². The lowest BCUT2D eigenvalue weighted by molar-refractivity contribution is -0.128. The molecule has 6 nitrogen and oxygen atoms in total. The number of hydrogen-bond acceptors (Lipinski definition) is 5. The maximum absolute atomic E-state index is 13.2. The third-order valence-corrected chi connectivity index (χ3v) is 5.79. The van der Waals surface area contributed by atoms with Crippen molar-refractivity contribution in [1.29, 1.82) is 0 Å². The van der Waals surface area contributed by atoms with Gasteiger partial charge in [0.1, 0.15) is 10.3 Å². The number of nitrogens with zero attached hydrogens (tertiary/aromatic N) is 3.